The van der Waals surface area contributed by atoms with Gasteiger partial charge in [0.1, 0.15) is 18.3 Å². The molecule has 3 heterocycles. The minimum Gasteiger partial charge on any atom is -0.394 e. The smallest absolute Gasteiger partial charge is 0.332 e. The number of rotatable bonds is 4. The van der Waals surface area contributed by atoms with Crippen LogP contribution >= 0.6 is 0 Å². The molecule has 0 aromatic carbocycles. The molecule has 0 unspecified atom stereocenters. The number of aromatic nitrogens is 4. The second kappa shape index (κ2) is 6.13. The van der Waals surface area contributed by atoms with E-state index in [4.69, 9.17) is 4.74 Å². The summed E-state index contributed by atoms with van der Waals surface area (Å²) < 4.78 is 9.15. The largest absolute Gasteiger partial charge is 0.394 e. The molecule has 0 radical (unpaired) electrons. The molecular formula is C14H20N4O6. The van der Waals surface area contributed by atoms with Crippen LogP contribution in [-0.2, 0) is 18.3 Å². The highest BCUT2D eigenvalue weighted by molar-refractivity contribution is 5.70. The van der Waals surface area contributed by atoms with E-state index in [0.717, 1.165) is 4.57 Å². The van der Waals surface area contributed by atoms with E-state index in [0.29, 0.717) is 6.42 Å². The van der Waals surface area contributed by atoms with E-state index >= 15 is 0 Å². The van der Waals surface area contributed by atoms with E-state index in [2.05, 4.69) is 4.98 Å². The predicted octanol–water partition coefficient (Wildman–Crippen LogP) is -2.08. The summed E-state index contributed by atoms with van der Waals surface area (Å²) in [4.78, 5) is 28.9. The number of ether oxygens (including phenoxy) is 1. The highest BCUT2D eigenvalue weighted by Gasteiger charge is 2.44. The van der Waals surface area contributed by atoms with Gasteiger partial charge in [0.05, 0.1) is 12.9 Å². The maximum atomic E-state index is 12.5. The van der Waals surface area contributed by atoms with Crippen LogP contribution in [-0.4, -0.2) is 58.9 Å². The first-order valence-corrected chi connectivity index (χ1v) is 7.71. The Labute approximate surface area is 136 Å². The molecule has 3 N–H and O–H groups in total. The Bertz CT molecular complexity index is 868. The lowest BCUT2D eigenvalue weighted by Crippen LogP contribution is -2.40. The first-order chi connectivity index (χ1) is 11.4. The minimum atomic E-state index is -1.33. The minimum absolute atomic E-state index is 0.0725. The van der Waals surface area contributed by atoms with Crippen molar-refractivity contribution in [2.24, 2.45) is 7.05 Å². The summed E-state index contributed by atoms with van der Waals surface area (Å²) in [5.74, 6) is 0. The van der Waals surface area contributed by atoms with Crippen LogP contribution < -0.4 is 11.2 Å². The van der Waals surface area contributed by atoms with Gasteiger partial charge < -0.3 is 20.1 Å². The molecule has 1 aliphatic rings. The first-order valence-electron chi connectivity index (χ1n) is 7.71. The van der Waals surface area contributed by atoms with Gasteiger partial charge >= 0.3 is 5.69 Å². The lowest BCUT2D eigenvalue weighted by Gasteiger charge is -2.18. The number of nitrogens with zero attached hydrogens (tertiary/aromatic N) is 4. The summed E-state index contributed by atoms with van der Waals surface area (Å²) in [7, 11) is 1.50. The fourth-order valence-corrected chi connectivity index (χ4v) is 3.04. The monoisotopic (exact) mass is 340 g/mol. The summed E-state index contributed by atoms with van der Waals surface area (Å²) in [6, 6.07) is 0. The molecule has 10 nitrogen and oxygen atoms in total. The number of hydrogen-bond acceptors (Lipinski definition) is 7. The molecule has 0 bridgehead atoms. The zero-order valence-electron chi connectivity index (χ0n) is 13.4. The molecule has 2 aromatic rings. The van der Waals surface area contributed by atoms with Gasteiger partial charge in [0.15, 0.2) is 17.4 Å². The van der Waals surface area contributed by atoms with Gasteiger partial charge in [-0.2, -0.15) is 0 Å². The number of aliphatic hydroxyl groups is 3. The Hall–Kier alpha value is -2.01. The van der Waals surface area contributed by atoms with Crippen molar-refractivity contribution in [1.29, 1.82) is 0 Å². The molecule has 0 saturated carbocycles. The van der Waals surface area contributed by atoms with Gasteiger partial charge in [-0.05, 0) is 6.42 Å². The highest BCUT2D eigenvalue weighted by atomic mass is 16.6. The first kappa shape index (κ1) is 16.8. The Morgan fingerprint density at radius 3 is 2.58 bits per heavy atom. The number of fused-ring (bicyclic) bond motifs is 1. The van der Waals surface area contributed by atoms with Crippen LogP contribution in [0, 0.1) is 0 Å². The Morgan fingerprint density at radius 1 is 1.29 bits per heavy atom. The summed E-state index contributed by atoms with van der Waals surface area (Å²) in [6.07, 6.45) is -2.73. The molecule has 10 heteroatoms. The third-order valence-corrected chi connectivity index (χ3v) is 4.29. The van der Waals surface area contributed by atoms with Crippen molar-refractivity contribution in [3.05, 3.63) is 27.2 Å². The lowest BCUT2D eigenvalue weighted by atomic mass is 10.1. The summed E-state index contributed by atoms with van der Waals surface area (Å²) in [5.41, 5.74) is -0.751. The fraction of sp³-hybridized carbons (Fsp3) is 0.643. The molecular weight excluding hydrogens is 320 g/mol. The van der Waals surface area contributed by atoms with Crippen molar-refractivity contribution in [2.45, 2.75) is 44.4 Å². The molecule has 0 spiro atoms. The quantitative estimate of drug-likeness (QED) is 0.582. The fourth-order valence-electron chi connectivity index (χ4n) is 3.04. The van der Waals surface area contributed by atoms with Gasteiger partial charge in [0, 0.05) is 13.6 Å². The van der Waals surface area contributed by atoms with Crippen molar-refractivity contribution in [3.8, 4) is 0 Å². The van der Waals surface area contributed by atoms with Crippen molar-refractivity contribution in [1.82, 2.24) is 18.7 Å². The average Bonchev–Trinajstić information content (AvgIpc) is 3.12. The number of imidazole rings is 1. The van der Waals surface area contributed by atoms with Gasteiger partial charge in [-0.15, -0.1) is 0 Å². The van der Waals surface area contributed by atoms with Gasteiger partial charge in [-0.25, -0.2) is 9.78 Å². The van der Waals surface area contributed by atoms with Crippen LogP contribution in [0.4, 0.5) is 0 Å². The van der Waals surface area contributed by atoms with Crippen molar-refractivity contribution >= 4 is 11.2 Å². The summed E-state index contributed by atoms with van der Waals surface area (Å²) in [6.45, 7) is 1.67. The molecule has 2 aromatic heterocycles. The van der Waals surface area contributed by atoms with Crippen LogP contribution in [0.5, 0.6) is 0 Å². The van der Waals surface area contributed by atoms with E-state index < -0.39 is 42.4 Å². The molecule has 4 atom stereocenters. The van der Waals surface area contributed by atoms with Crippen LogP contribution in [0.3, 0.4) is 0 Å². The molecule has 132 valence electrons. The molecule has 1 aliphatic heterocycles. The van der Waals surface area contributed by atoms with E-state index in [-0.39, 0.29) is 17.7 Å². The van der Waals surface area contributed by atoms with Crippen LogP contribution in [0.15, 0.2) is 15.9 Å². The topological polar surface area (TPSA) is 132 Å². The zero-order valence-corrected chi connectivity index (χ0v) is 13.4. The zero-order chi connectivity index (χ0) is 17.6. The highest BCUT2D eigenvalue weighted by Crippen LogP contribution is 2.30. The number of aryl methyl sites for hydroxylation is 1. The molecule has 1 fully saturated rings. The van der Waals surface area contributed by atoms with Gasteiger partial charge in [0.2, 0.25) is 0 Å². The maximum Gasteiger partial charge on any atom is 0.332 e. The summed E-state index contributed by atoms with van der Waals surface area (Å²) in [5, 5.41) is 29.2. The third-order valence-electron chi connectivity index (χ3n) is 4.29. The average molecular weight is 340 g/mol. The van der Waals surface area contributed by atoms with Crippen molar-refractivity contribution in [2.75, 3.05) is 6.61 Å². The maximum absolute atomic E-state index is 12.5. The molecule has 0 amide bonds. The Balaban J connectivity index is 2.19. The second-order valence-corrected chi connectivity index (χ2v) is 5.85. The standard InChI is InChI=1S/C14H20N4O6/c1-3-4-17-12(22)8-11(16(2)14(17)23)18(6-15-8)13-10(21)9(20)7(5-19)24-13/h6-7,9-10,13,19-21H,3-5H2,1-2H3/t7-,9-,10-,13-/m1/s1. The van der Waals surface area contributed by atoms with Crippen LogP contribution in [0.2, 0.25) is 0 Å². The Morgan fingerprint density at radius 2 is 2.00 bits per heavy atom. The third kappa shape index (κ3) is 2.30. The SMILES string of the molecule is CCCn1c(=O)c2ncn([C@@H]3O[C@H](CO)[C@@H](O)[C@H]3O)c2n(C)c1=O. The summed E-state index contributed by atoms with van der Waals surface area (Å²) >= 11 is 0. The normalized spacial score (nSPS) is 27.2. The molecule has 1 saturated heterocycles. The molecule has 0 aliphatic carbocycles. The number of hydrogen-bond donors (Lipinski definition) is 3. The van der Waals surface area contributed by atoms with Gasteiger partial charge in [0.25, 0.3) is 5.56 Å². The number of aliphatic hydroxyl groups excluding tert-OH is 3. The van der Waals surface area contributed by atoms with Gasteiger partial charge in [-0.3, -0.25) is 18.5 Å². The Kier molecular flexibility index (Phi) is 4.30. The van der Waals surface area contributed by atoms with Crippen LogP contribution in [0.25, 0.3) is 11.2 Å². The lowest BCUT2D eigenvalue weighted by molar-refractivity contribution is -0.0513. The molecule has 24 heavy (non-hydrogen) atoms. The van der Waals surface area contributed by atoms with E-state index in [1.54, 1.807) is 0 Å². The molecule has 3 rings (SSSR count). The van der Waals surface area contributed by atoms with E-state index in [1.807, 2.05) is 6.92 Å². The van der Waals surface area contributed by atoms with E-state index in [9.17, 15) is 24.9 Å². The predicted molar refractivity (Wildman–Crippen MR) is 82.5 cm³/mol. The van der Waals surface area contributed by atoms with Crippen molar-refractivity contribution < 1.29 is 20.1 Å². The van der Waals surface area contributed by atoms with Crippen LogP contribution in [0.1, 0.15) is 19.6 Å². The van der Waals surface area contributed by atoms with Crippen molar-refractivity contribution in [3.63, 3.8) is 0 Å². The van der Waals surface area contributed by atoms with Gasteiger partial charge in [-0.1, -0.05) is 6.92 Å². The second-order valence-electron chi connectivity index (χ2n) is 5.85. The van der Waals surface area contributed by atoms with E-state index in [1.165, 1.54) is 22.5 Å².